The van der Waals surface area contributed by atoms with Gasteiger partial charge >= 0.3 is 0 Å². The van der Waals surface area contributed by atoms with E-state index < -0.39 is 6.04 Å². The fourth-order valence-corrected chi connectivity index (χ4v) is 4.79. The van der Waals surface area contributed by atoms with E-state index in [1.165, 1.54) is 19.9 Å². The third-order valence-corrected chi connectivity index (χ3v) is 6.00. The van der Waals surface area contributed by atoms with Gasteiger partial charge < -0.3 is 10.6 Å². The molecule has 25 heavy (non-hydrogen) atoms. The van der Waals surface area contributed by atoms with Crippen molar-refractivity contribution in [3.05, 3.63) is 43.8 Å². The molecule has 0 aliphatic carbocycles. The Balaban J connectivity index is 1.47. The van der Waals surface area contributed by atoms with Crippen LogP contribution in [-0.4, -0.2) is 34.5 Å². The van der Waals surface area contributed by atoms with Crippen LogP contribution in [0.4, 0.5) is 5.69 Å². The number of thiophene rings is 1. The van der Waals surface area contributed by atoms with Crippen molar-refractivity contribution in [2.45, 2.75) is 38.5 Å². The fourth-order valence-electron chi connectivity index (χ4n) is 3.59. The van der Waals surface area contributed by atoms with Gasteiger partial charge in [0.25, 0.3) is 5.56 Å². The van der Waals surface area contributed by atoms with Gasteiger partial charge in [-0.3, -0.25) is 19.1 Å². The van der Waals surface area contributed by atoms with Crippen LogP contribution in [0.25, 0.3) is 0 Å². The van der Waals surface area contributed by atoms with Crippen LogP contribution in [0.2, 0.25) is 0 Å². The number of carbonyl (C=O) groups is 1. The topological polar surface area (TPSA) is 79.3 Å². The number of anilines is 1. The maximum Gasteiger partial charge on any atom is 0.277 e. The summed E-state index contributed by atoms with van der Waals surface area (Å²) >= 11 is 1.76. The first-order valence-corrected chi connectivity index (χ1v) is 9.23. The number of nitrogens with one attached hydrogen (secondary N) is 2. The molecule has 7 nitrogen and oxygen atoms in total. The minimum absolute atomic E-state index is 0.110. The minimum Gasteiger partial charge on any atom is -0.382 e. The number of fused-ring (bicyclic) bond motifs is 2. The lowest BCUT2D eigenvalue weighted by molar-refractivity contribution is -0.124. The molecule has 1 atom stereocenters. The Bertz CT molecular complexity index is 864. The van der Waals surface area contributed by atoms with Gasteiger partial charge in [0.05, 0.1) is 12.7 Å². The normalized spacial score (nSPS) is 18.9. The summed E-state index contributed by atoms with van der Waals surface area (Å²) in [5, 5.41) is 5.83. The molecule has 0 radical (unpaired) electrons. The molecule has 2 N–H and O–H groups in total. The lowest BCUT2D eigenvalue weighted by Gasteiger charge is -2.15. The van der Waals surface area contributed by atoms with E-state index in [0.717, 1.165) is 13.1 Å². The monoisotopic (exact) mass is 359 g/mol. The zero-order valence-corrected chi connectivity index (χ0v) is 15.2. The third-order valence-electron chi connectivity index (χ3n) is 4.83. The molecule has 4 heterocycles. The maximum atomic E-state index is 12.6. The van der Waals surface area contributed by atoms with Crippen LogP contribution in [0.1, 0.15) is 33.6 Å². The van der Waals surface area contributed by atoms with Crippen molar-refractivity contribution in [2.75, 3.05) is 19.4 Å². The van der Waals surface area contributed by atoms with Crippen LogP contribution in [0.15, 0.2) is 17.1 Å². The largest absolute Gasteiger partial charge is 0.382 e. The number of aromatic nitrogens is 2. The van der Waals surface area contributed by atoms with E-state index in [1.54, 1.807) is 24.6 Å². The van der Waals surface area contributed by atoms with Crippen molar-refractivity contribution >= 4 is 22.9 Å². The van der Waals surface area contributed by atoms with Gasteiger partial charge in [-0.05, 0) is 25.1 Å². The van der Waals surface area contributed by atoms with Gasteiger partial charge in [-0.15, -0.1) is 11.3 Å². The van der Waals surface area contributed by atoms with E-state index in [2.05, 4.69) is 33.6 Å². The van der Waals surface area contributed by atoms with Crippen LogP contribution in [0, 0.1) is 0 Å². The molecular weight excluding hydrogens is 338 g/mol. The van der Waals surface area contributed by atoms with Crippen molar-refractivity contribution in [2.24, 2.45) is 0 Å². The van der Waals surface area contributed by atoms with Gasteiger partial charge in [0.2, 0.25) is 5.91 Å². The van der Waals surface area contributed by atoms with E-state index in [1.807, 2.05) is 0 Å². The lowest BCUT2D eigenvalue weighted by atomic mass is 10.2. The molecule has 0 bridgehead atoms. The molecule has 0 saturated heterocycles. The second-order valence-electron chi connectivity index (χ2n) is 6.62. The SMILES string of the molecule is CNc1cnc2n(c1=O)C(C(=O)NCc1cc3c(s1)CN(C)C3)CC2. The molecule has 2 aliphatic heterocycles. The Labute approximate surface area is 149 Å². The van der Waals surface area contributed by atoms with E-state index in [-0.39, 0.29) is 11.5 Å². The summed E-state index contributed by atoms with van der Waals surface area (Å²) in [6.45, 7) is 2.47. The summed E-state index contributed by atoms with van der Waals surface area (Å²) in [6.07, 6.45) is 2.81. The number of carbonyl (C=O) groups excluding carboxylic acids is 1. The van der Waals surface area contributed by atoms with Crippen LogP contribution in [0.3, 0.4) is 0 Å². The minimum atomic E-state index is -0.471. The molecule has 132 valence electrons. The molecule has 2 aliphatic rings. The number of hydrogen-bond acceptors (Lipinski definition) is 6. The van der Waals surface area contributed by atoms with Crippen LogP contribution >= 0.6 is 11.3 Å². The van der Waals surface area contributed by atoms with Crippen molar-refractivity contribution in [3.8, 4) is 0 Å². The second kappa shape index (κ2) is 6.27. The average molecular weight is 359 g/mol. The summed E-state index contributed by atoms with van der Waals surface area (Å²) in [5.74, 6) is 0.573. The molecule has 0 aromatic carbocycles. The first-order valence-electron chi connectivity index (χ1n) is 8.41. The van der Waals surface area contributed by atoms with Crippen molar-refractivity contribution in [3.63, 3.8) is 0 Å². The highest BCUT2D eigenvalue weighted by Gasteiger charge is 2.31. The zero-order chi connectivity index (χ0) is 17.6. The number of hydrogen-bond donors (Lipinski definition) is 2. The molecule has 1 unspecified atom stereocenters. The van der Waals surface area contributed by atoms with Gasteiger partial charge in [-0.1, -0.05) is 0 Å². The lowest BCUT2D eigenvalue weighted by Crippen LogP contribution is -2.36. The van der Waals surface area contributed by atoms with Crippen LogP contribution < -0.4 is 16.2 Å². The predicted molar refractivity (Wildman–Crippen MR) is 96.7 cm³/mol. The van der Waals surface area contributed by atoms with Gasteiger partial charge in [0.1, 0.15) is 17.6 Å². The van der Waals surface area contributed by atoms with Gasteiger partial charge in [-0.25, -0.2) is 4.98 Å². The van der Waals surface area contributed by atoms with Crippen LogP contribution in [-0.2, 0) is 30.8 Å². The number of aryl methyl sites for hydroxylation is 1. The molecule has 1 amide bonds. The summed E-state index contributed by atoms with van der Waals surface area (Å²) < 4.78 is 1.53. The first kappa shape index (κ1) is 16.3. The molecule has 4 rings (SSSR count). The Morgan fingerprint density at radius 3 is 3.04 bits per heavy atom. The smallest absolute Gasteiger partial charge is 0.277 e. The highest BCUT2D eigenvalue weighted by atomic mass is 32.1. The molecule has 0 fully saturated rings. The first-order chi connectivity index (χ1) is 12.1. The highest BCUT2D eigenvalue weighted by Crippen LogP contribution is 2.30. The third kappa shape index (κ3) is 2.85. The van der Waals surface area contributed by atoms with Crippen molar-refractivity contribution in [1.29, 1.82) is 0 Å². The Morgan fingerprint density at radius 1 is 1.44 bits per heavy atom. The Kier molecular flexibility index (Phi) is 4.09. The molecule has 0 spiro atoms. The predicted octanol–water partition coefficient (Wildman–Crippen LogP) is 1.10. The fraction of sp³-hybridized carbons (Fsp3) is 0.471. The summed E-state index contributed by atoms with van der Waals surface area (Å²) in [7, 11) is 3.79. The number of amides is 1. The summed E-state index contributed by atoms with van der Waals surface area (Å²) in [4.78, 5) is 34.2. The van der Waals surface area contributed by atoms with Crippen molar-refractivity contribution < 1.29 is 4.79 Å². The van der Waals surface area contributed by atoms with Gasteiger partial charge in [-0.2, -0.15) is 0 Å². The molecule has 0 saturated carbocycles. The van der Waals surface area contributed by atoms with E-state index in [4.69, 9.17) is 0 Å². The molecular formula is C17H21N5O2S. The van der Waals surface area contributed by atoms with Gasteiger partial charge in [0.15, 0.2) is 0 Å². The number of rotatable bonds is 4. The summed E-state index contributed by atoms with van der Waals surface area (Å²) in [5.41, 5.74) is 1.60. The Hall–Kier alpha value is -2.19. The van der Waals surface area contributed by atoms with Gasteiger partial charge in [0, 0.05) is 36.3 Å². The number of nitrogens with zero attached hydrogens (tertiary/aromatic N) is 3. The van der Waals surface area contributed by atoms with E-state index >= 15 is 0 Å². The molecule has 2 aromatic heterocycles. The van der Waals surface area contributed by atoms with E-state index in [9.17, 15) is 9.59 Å². The highest BCUT2D eigenvalue weighted by molar-refractivity contribution is 7.12. The quantitative estimate of drug-likeness (QED) is 0.855. The van der Waals surface area contributed by atoms with Crippen molar-refractivity contribution in [1.82, 2.24) is 19.8 Å². The molecule has 8 heteroatoms. The second-order valence-corrected chi connectivity index (χ2v) is 7.84. The maximum absolute atomic E-state index is 12.6. The molecule has 2 aromatic rings. The Morgan fingerprint density at radius 2 is 2.28 bits per heavy atom. The average Bonchev–Trinajstić information content (AvgIpc) is 3.25. The summed E-state index contributed by atoms with van der Waals surface area (Å²) in [6, 6.07) is 1.71. The zero-order valence-electron chi connectivity index (χ0n) is 14.3. The standard InChI is InChI=1S/C17H21N5O2S/c1-18-12-7-19-15-4-3-13(22(15)17(12)24)16(23)20-6-11-5-10-8-21(2)9-14(10)25-11/h5,7,13,18H,3-4,6,8-9H2,1-2H3,(H,20,23). The van der Waals surface area contributed by atoms with E-state index in [0.29, 0.717) is 30.9 Å². The van der Waals surface area contributed by atoms with Crippen LogP contribution in [0.5, 0.6) is 0 Å².